The Bertz CT molecular complexity index is 408. The van der Waals surface area contributed by atoms with Gasteiger partial charge < -0.3 is 5.11 Å². The molecule has 0 atom stereocenters. The summed E-state index contributed by atoms with van der Waals surface area (Å²) in [7, 11) is 0. The number of alkyl halides is 3. The van der Waals surface area contributed by atoms with Crippen molar-refractivity contribution in [3.63, 3.8) is 0 Å². The van der Waals surface area contributed by atoms with Crippen LogP contribution >= 0.6 is 11.3 Å². The second-order valence-corrected chi connectivity index (χ2v) is 5.92. The molecule has 0 amide bonds. The Morgan fingerprint density at radius 1 is 1.28 bits per heavy atom. The van der Waals surface area contributed by atoms with Crippen molar-refractivity contribution in [2.24, 2.45) is 5.92 Å². The maximum atomic E-state index is 12.5. The zero-order valence-electron chi connectivity index (χ0n) is 10.1. The fourth-order valence-corrected chi connectivity index (χ4v) is 3.53. The molecular weight excluding hydrogens is 263 g/mol. The smallest absolute Gasteiger partial charge is 0.391 e. The molecule has 1 saturated carbocycles. The first-order chi connectivity index (χ1) is 8.41. The predicted octanol–water partition coefficient (Wildman–Crippen LogP) is 3.78. The standard InChI is InChI=1S/C12H16F3NOS/c1-7-10(6-17)18-11(16-7)8-2-4-9(5-3-8)12(13,14)15/h8-9,17H,2-6H2,1H3. The van der Waals surface area contributed by atoms with Gasteiger partial charge in [-0.2, -0.15) is 13.2 Å². The molecule has 0 aromatic carbocycles. The van der Waals surface area contributed by atoms with Crippen molar-refractivity contribution in [2.45, 2.75) is 51.3 Å². The number of aryl methyl sites for hydroxylation is 1. The first-order valence-electron chi connectivity index (χ1n) is 6.05. The van der Waals surface area contributed by atoms with Crippen LogP contribution in [0.4, 0.5) is 13.2 Å². The molecule has 6 heteroatoms. The van der Waals surface area contributed by atoms with Crippen molar-refractivity contribution in [1.82, 2.24) is 4.98 Å². The van der Waals surface area contributed by atoms with Gasteiger partial charge in [0.25, 0.3) is 0 Å². The Morgan fingerprint density at radius 3 is 2.33 bits per heavy atom. The van der Waals surface area contributed by atoms with E-state index in [0.717, 1.165) is 15.6 Å². The third kappa shape index (κ3) is 2.85. The third-order valence-electron chi connectivity index (χ3n) is 3.59. The minimum atomic E-state index is -4.06. The molecular formula is C12H16F3NOS. The maximum Gasteiger partial charge on any atom is 0.391 e. The van der Waals surface area contributed by atoms with E-state index in [4.69, 9.17) is 5.11 Å². The largest absolute Gasteiger partial charge is 0.391 e. The Kier molecular flexibility index (Phi) is 3.96. The van der Waals surface area contributed by atoms with Crippen molar-refractivity contribution in [3.05, 3.63) is 15.6 Å². The SMILES string of the molecule is Cc1nc(C2CCC(C(F)(F)F)CC2)sc1CO. The van der Waals surface area contributed by atoms with Gasteiger partial charge in [-0.3, -0.25) is 0 Å². The highest BCUT2D eigenvalue weighted by atomic mass is 32.1. The lowest BCUT2D eigenvalue weighted by atomic mass is 9.82. The van der Waals surface area contributed by atoms with Crippen LogP contribution in [0.1, 0.15) is 47.2 Å². The number of nitrogens with zero attached hydrogens (tertiary/aromatic N) is 1. The molecule has 0 unspecified atom stereocenters. The van der Waals surface area contributed by atoms with E-state index in [2.05, 4.69) is 4.98 Å². The van der Waals surface area contributed by atoms with E-state index >= 15 is 0 Å². The second-order valence-electron chi connectivity index (χ2n) is 4.81. The lowest BCUT2D eigenvalue weighted by molar-refractivity contribution is -0.182. The van der Waals surface area contributed by atoms with E-state index < -0.39 is 12.1 Å². The first-order valence-corrected chi connectivity index (χ1v) is 6.87. The van der Waals surface area contributed by atoms with E-state index in [-0.39, 0.29) is 25.4 Å². The van der Waals surface area contributed by atoms with Crippen LogP contribution in [0.5, 0.6) is 0 Å². The van der Waals surface area contributed by atoms with Gasteiger partial charge in [0.2, 0.25) is 0 Å². The molecule has 2 rings (SSSR count). The lowest BCUT2D eigenvalue weighted by Crippen LogP contribution is -2.27. The normalized spacial score (nSPS) is 25.4. The topological polar surface area (TPSA) is 33.1 Å². The number of aliphatic hydroxyl groups excluding tert-OH is 1. The van der Waals surface area contributed by atoms with Crippen molar-refractivity contribution < 1.29 is 18.3 Å². The molecule has 1 aromatic rings. The molecule has 18 heavy (non-hydrogen) atoms. The highest BCUT2D eigenvalue weighted by molar-refractivity contribution is 7.11. The summed E-state index contributed by atoms with van der Waals surface area (Å²) in [6.07, 6.45) is -2.58. The van der Waals surface area contributed by atoms with Crippen LogP contribution in [0.2, 0.25) is 0 Å². The monoisotopic (exact) mass is 279 g/mol. The molecule has 2 nitrogen and oxygen atoms in total. The third-order valence-corrected chi connectivity index (χ3v) is 4.90. The lowest BCUT2D eigenvalue weighted by Gasteiger charge is -2.28. The van der Waals surface area contributed by atoms with Gasteiger partial charge in [-0.15, -0.1) is 11.3 Å². The fourth-order valence-electron chi connectivity index (χ4n) is 2.44. The molecule has 0 radical (unpaired) electrons. The van der Waals surface area contributed by atoms with Gasteiger partial charge in [0.05, 0.1) is 28.1 Å². The number of hydrogen-bond acceptors (Lipinski definition) is 3. The maximum absolute atomic E-state index is 12.5. The van der Waals surface area contributed by atoms with Crippen molar-refractivity contribution in [2.75, 3.05) is 0 Å². The summed E-state index contributed by atoms with van der Waals surface area (Å²) in [4.78, 5) is 5.19. The number of hydrogen-bond donors (Lipinski definition) is 1. The summed E-state index contributed by atoms with van der Waals surface area (Å²) in [5.41, 5.74) is 0.801. The van der Waals surface area contributed by atoms with E-state index in [1.54, 1.807) is 0 Å². The molecule has 1 fully saturated rings. The Hall–Kier alpha value is -0.620. The number of rotatable bonds is 2. The van der Waals surface area contributed by atoms with E-state index in [1.165, 1.54) is 11.3 Å². The Balaban J connectivity index is 2.01. The molecule has 1 N–H and O–H groups in total. The summed E-state index contributed by atoms with van der Waals surface area (Å²) < 4.78 is 37.6. The minimum Gasteiger partial charge on any atom is -0.391 e. The quantitative estimate of drug-likeness (QED) is 0.893. The number of thiazole rings is 1. The van der Waals surface area contributed by atoms with Crippen LogP contribution in [0, 0.1) is 12.8 Å². The fraction of sp³-hybridized carbons (Fsp3) is 0.750. The average molecular weight is 279 g/mol. The highest BCUT2D eigenvalue weighted by Gasteiger charge is 2.41. The van der Waals surface area contributed by atoms with Crippen molar-refractivity contribution in [3.8, 4) is 0 Å². The van der Waals surface area contributed by atoms with Crippen LogP contribution in [0.25, 0.3) is 0 Å². The molecule has 1 heterocycles. The summed E-state index contributed by atoms with van der Waals surface area (Å²) in [6, 6.07) is 0. The zero-order chi connectivity index (χ0) is 13.3. The van der Waals surface area contributed by atoms with E-state index in [1.807, 2.05) is 6.92 Å². The van der Waals surface area contributed by atoms with Crippen molar-refractivity contribution >= 4 is 11.3 Å². The van der Waals surface area contributed by atoms with Crippen LogP contribution in [0.15, 0.2) is 0 Å². The van der Waals surface area contributed by atoms with Crippen molar-refractivity contribution in [1.29, 1.82) is 0 Å². The second kappa shape index (κ2) is 5.17. The zero-order valence-corrected chi connectivity index (χ0v) is 10.9. The summed E-state index contributed by atoms with van der Waals surface area (Å²) in [5.74, 6) is -1.01. The summed E-state index contributed by atoms with van der Waals surface area (Å²) >= 11 is 1.43. The number of aliphatic hydroxyl groups is 1. The van der Waals surface area contributed by atoms with E-state index in [0.29, 0.717) is 12.8 Å². The molecule has 1 aliphatic carbocycles. The summed E-state index contributed by atoms with van der Waals surface area (Å²) in [5, 5.41) is 9.99. The predicted molar refractivity (Wildman–Crippen MR) is 63.5 cm³/mol. The molecule has 0 bridgehead atoms. The Morgan fingerprint density at radius 2 is 1.89 bits per heavy atom. The molecule has 1 aliphatic rings. The minimum absolute atomic E-state index is 0.0403. The van der Waals surface area contributed by atoms with Crippen LogP contribution in [-0.2, 0) is 6.61 Å². The van der Waals surface area contributed by atoms with Gasteiger partial charge in [-0.25, -0.2) is 4.98 Å². The molecule has 0 saturated heterocycles. The summed E-state index contributed by atoms with van der Waals surface area (Å²) in [6.45, 7) is 1.79. The van der Waals surface area contributed by atoms with Gasteiger partial charge in [-0.1, -0.05) is 0 Å². The van der Waals surface area contributed by atoms with Gasteiger partial charge in [0, 0.05) is 5.92 Å². The van der Waals surface area contributed by atoms with Gasteiger partial charge in [-0.05, 0) is 32.6 Å². The van der Waals surface area contributed by atoms with Gasteiger partial charge in [0.1, 0.15) is 0 Å². The van der Waals surface area contributed by atoms with E-state index in [9.17, 15) is 13.2 Å². The first kappa shape index (κ1) is 13.8. The molecule has 1 aromatic heterocycles. The average Bonchev–Trinajstić information content (AvgIpc) is 2.69. The molecule has 0 aliphatic heterocycles. The molecule has 0 spiro atoms. The van der Waals surface area contributed by atoms with Crippen LogP contribution < -0.4 is 0 Å². The van der Waals surface area contributed by atoms with Crippen LogP contribution in [0.3, 0.4) is 0 Å². The number of halogens is 3. The number of aromatic nitrogens is 1. The van der Waals surface area contributed by atoms with Gasteiger partial charge in [0.15, 0.2) is 0 Å². The Labute approximate surface area is 108 Å². The van der Waals surface area contributed by atoms with Gasteiger partial charge >= 0.3 is 6.18 Å². The molecule has 102 valence electrons. The van der Waals surface area contributed by atoms with Crippen LogP contribution in [-0.4, -0.2) is 16.3 Å². The highest BCUT2D eigenvalue weighted by Crippen LogP contribution is 2.43.